The van der Waals surface area contributed by atoms with E-state index in [0.29, 0.717) is 18.1 Å². The molecule has 6 heteroatoms. The third kappa shape index (κ3) is 8.05. The highest BCUT2D eigenvalue weighted by molar-refractivity contribution is 5.91. The van der Waals surface area contributed by atoms with Crippen molar-refractivity contribution in [3.05, 3.63) is 53.6 Å². The number of carbonyl (C=O) groups excluding carboxylic acids is 1. The quantitative estimate of drug-likeness (QED) is 0.489. The summed E-state index contributed by atoms with van der Waals surface area (Å²) in [5, 5.41) is 6.31. The molecule has 2 rings (SSSR count). The molecule has 0 atom stereocenters. The lowest BCUT2D eigenvalue weighted by Gasteiger charge is -2.18. The Morgan fingerprint density at radius 3 is 2.37 bits per heavy atom. The zero-order valence-corrected chi connectivity index (χ0v) is 18.7. The molecular formula is C24H35N3O3. The van der Waals surface area contributed by atoms with Crippen molar-refractivity contribution in [3.63, 3.8) is 0 Å². The van der Waals surface area contributed by atoms with Crippen LogP contribution in [0.15, 0.2) is 42.5 Å². The van der Waals surface area contributed by atoms with Gasteiger partial charge < -0.3 is 25.0 Å². The van der Waals surface area contributed by atoms with E-state index in [1.807, 2.05) is 56.3 Å². The van der Waals surface area contributed by atoms with Gasteiger partial charge in [0.1, 0.15) is 0 Å². The van der Waals surface area contributed by atoms with Crippen LogP contribution in [0, 0.1) is 6.92 Å². The maximum Gasteiger partial charge on any atom is 0.262 e. The molecule has 0 spiro atoms. The number of anilines is 1. The number of carbonyl (C=O) groups is 1. The second-order valence-electron chi connectivity index (χ2n) is 7.12. The maximum absolute atomic E-state index is 12.2. The van der Waals surface area contributed by atoms with Gasteiger partial charge in [-0.2, -0.15) is 0 Å². The van der Waals surface area contributed by atoms with E-state index in [4.69, 9.17) is 9.47 Å². The van der Waals surface area contributed by atoms with Crippen LogP contribution in [0.1, 0.15) is 31.9 Å². The largest absolute Gasteiger partial charge is 0.490 e. The molecule has 0 saturated carbocycles. The molecule has 0 fully saturated rings. The summed E-state index contributed by atoms with van der Waals surface area (Å²) in [7, 11) is 0. The topological polar surface area (TPSA) is 62.8 Å². The number of benzene rings is 2. The second-order valence-corrected chi connectivity index (χ2v) is 7.12. The molecular weight excluding hydrogens is 378 g/mol. The molecule has 0 aliphatic rings. The molecule has 0 radical (unpaired) electrons. The van der Waals surface area contributed by atoms with Gasteiger partial charge in [-0.3, -0.25) is 4.79 Å². The molecule has 0 unspecified atom stereocenters. The molecule has 0 aliphatic heterocycles. The lowest BCUT2D eigenvalue weighted by molar-refractivity contribution is -0.118. The molecule has 30 heavy (non-hydrogen) atoms. The molecule has 0 bridgehead atoms. The van der Waals surface area contributed by atoms with E-state index in [9.17, 15) is 4.79 Å². The normalized spacial score (nSPS) is 10.8. The standard InChI is InChI=1S/C24H35N3O3/c1-5-27(6-2)15-14-25-17-20-10-13-22(23(16-20)29-7-3)30-18-24(28)26-21-11-8-19(4)9-12-21/h8-13,16,25H,5-7,14-15,17-18H2,1-4H3,(H,26,28). The fourth-order valence-electron chi connectivity index (χ4n) is 3.04. The first-order valence-corrected chi connectivity index (χ1v) is 10.7. The van der Waals surface area contributed by atoms with Gasteiger partial charge in [-0.05, 0) is 56.8 Å². The van der Waals surface area contributed by atoms with E-state index in [0.717, 1.165) is 49.5 Å². The first kappa shape index (κ1) is 23.7. The molecule has 164 valence electrons. The summed E-state index contributed by atoms with van der Waals surface area (Å²) in [6, 6.07) is 13.5. The van der Waals surface area contributed by atoms with Crippen molar-refractivity contribution in [2.75, 3.05) is 44.7 Å². The number of hydrogen-bond donors (Lipinski definition) is 2. The summed E-state index contributed by atoms with van der Waals surface area (Å²) >= 11 is 0. The Balaban J connectivity index is 1.87. The van der Waals surface area contributed by atoms with Gasteiger partial charge >= 0.3 is 0 Å². The lowest BCUT2D eigenvalue weighted by Crippen LogP contribution is -2.31. The minimum Gasteiger partial charge on any atom is -0.490 e. The number of nitrogens with one attached hydrogen (secondary N) is 2. The van der Waals surface area contributed by atoms with Gasteiger partial charge in [-0.25, -0.2) is 0 Å². The van der Waals surface area contributed by atoms with Gasteiger partial charge in [-0.15, -0.1) is 0 Å². The van der Waals surface area contributed by atoms with Gasteiger partial charge in [0.25, 0.3) is 5.91 Å². The second kappa shape index (κ2) is 12.9. The minimum atomic E-state index is -0.205. The van der Waals surface area contributed by atoms with Crippen molar-refractivity contribution in [2.45, 2.75) is 34.2 Å². The smallest absolute Gasteiger partial charge is 0.262 e. The number of rotatable bonds is 13. The van der Waals surface area contributed by atoms with E-state index in [2.05, 4.69) is 29.4 Å². The zero-order chi connectivity index (χ0) is 21.8. The van der Waals surface area contributed by atoms with Gasteiger partial charge in [0.15, 0.2) is 18.1 Å². The van der Waals surface area contributed by atoms with Crippen LogP contribution in [-0.2, 0) is 11.3 Å². The minimum absolute atomic E-state index is 0.0740. The van der Waals surface area contributed by atoms with Crippen LogP contribution in [0.25, 0.3) is 0 Å². The molecule has 0 heterocycles. The summed E-state index contributed by atoms with van der Waals surface area (Å²) in [4.78, 5) is 14.6. The zero-order valence-electron chi connectivity index (χ0n) is 18.7. The first-order valence-electron chi connectivity index (χ1n) is 10.7. The third-order valence-corrected chi connectivity index (χ3v) is 4.83. The molecule has 2 N–H and O–H groups in total. The highest BCUT2D eigenvalue weighted by Gasteiger charge is 2.10. The monoisotopic (exact) mass is 413 g/mol. The van der Waals surface area contributed by atoms with Crippen LogP contribution in [0.5, 0.6) is 11.5 Å². The summed E-state index contributed by atoms with van der Waals surface area (Å²) in [5.74, 6) is 1.02. The first-order chi connectivity index (χ1) is 14.5. The van der Waals surface area contributed by atoms with Gasteiger partial charge in [-0.1, -0.05) is 37.6 Å². The number of likely N-dealkylation sites (N-methyl/N-ethyl adjacent to an activating group) is 1. The van der Waals surface area contributed by atoms with E-state index < -0.39 is 0 Å². The van der Waals surface area contributed by atoms with Crippen LogP contribution in [0.3, 0.4) is 0 Å². The Morgan fingerprint density at radius 2 is 1.70 bits per heavy atom. The molecule has 1 amide bonds. The van der Waals surface area contributed by atoms with E-state index >= 15 is 0 Å². The molecule has 0 aliphatic carbocycles. The Morgan fingerprint density at radius 1 is 0.967 bits per heavy atom. The van der Waals surface area contributed by atoms with Crippen LogP contribution in [0.2, 0.25) is 0 Å². The highest BCUT2D eigenvalue weighted by Crippen LogP contribution is 2.28. The summed E-state index contributed by atoms with van der Waals surface area (Å²) in [6.45, 7) is 13.6. The van der Waals surface area contributed by atoms with Crippen molar-refractivity contribution in [2.24, 2.45) is 0 Å². The summed E-state index contributed by atoms with van der Waals surface area (Å²) in [6.07, 6.45) is 0. The Hall–Kier alpha value is -2.57. The lowest BCUT2D eigenvalue weighted by atomic mass is 10.2. The predicted octanol–water partition coefficient (Wildman–Crippen LogP) is 3.84. The van der Waals surface area contributed by atoms with Crippen molar-refractivity contribution < 1.29 is 14.3 Å². The van der Waals surface area contributed by atoms with Gasteiger partial charge in [0, 0.05) is 25.3 Å². The number of amides is 1. The van der Waals surface area contributed by atoms with E-state index in [1.54, 1.807) is 0 Å². The number of aryl methyl sites for hydroxylation is 1. The Bertz CT molecular complexity index is 774. The Labute approximate surface area is 180 Å². The Kier molecular flexibility index (Phi) is 10.2. The number of hydrogen-bond acceptors (Lipinski definition) is 5. The molecule has 2 aromatic carbocycles. The summed E-state index contributed by atoms with van der Waals surface area (Å²) in [5.41, 5.74) is 3.02. The van der Waals surface area contributed by atoms with Crippen LogP contribution >= 0.6 is 0 Å². The third-order valence-electron chi connectivity index (χ3n) is 4.83. The molecule has 6 nitrogen and oxygen atoms in total. The van der Waals surface area contributed by atoms with Crippen molar-refractivity contribution in [1.82, 2.24) is 10.2 Å². The summed E-state index contributed by atoms with van der Waals surface area (Å²) < 4.78 is 11.5. The number of ether oxygens (including phenoxy) is 2. The van der Waals surface area contributed by atoms with Gasteiger partial charge in [0.05, 0.1) is 6.61 Å². The fraction of sp³-hybridized carbons (Fsp3) is 0.458. The maximum atomic E-state index is 12.2. The van der Waals surface area contributed by atoms with Crippen molar-refractivity contribution >= 4 is 11.6 Å². The molecule has 0 saturated heterocycles. The average molecular weight is 414 g/mol. The predicted molar refractivity (Wildman–Crippen MR) is 122 cm³/mol. The van der Waals surface area contributed by atoms with Crippen LogP contribution < -0.4 is 20.1 Å². The fourth-order valence-corrected chi connectivity index (χ4v) is 3.04. The van der Waals surface area contributed by atoms with Crippen LogP contribution in [0.4, 0.5) is 5.69 Å². The van der Waals surface area contributed by atoms with Crippen LogP contribution in [-0.4, -0.2) is 50.2 Å². The van der Waals surface area contributed by atoms with E-state index in [-0.39, 0.29) is 12.5 Å². The molecule has 2 aromatic rings. The highest BCUT2D eigenvalue weighted by atomic mass is 16.5. The van der Waals surface area contributed by atoms with E-state index in [1.165, 1.54) is 0 Å². The molecule has 0 aromatic heterocycles. The van der Waals surface area contributed by atoms with Crippen molar-refractivity contribution in [3.8, 4) is 11.5 Å². The van der Waals surface area contributed by atoms with Gasteiger partial charge in [0.2, 0.25) is 0 Å². The number of nitrogens with zero attached hydrogens (tertiary/aromatic N) is 1. The SMILES string of the molecule is CCOc1cc(CNCCN(CC)CC)ccc1OCC(=O)Nc1ccc(C)cc1. The average Bonchev–Trinajstić information content (AvgIpc) is 2.75. The van der Waals surface area contributed by atoms with Crippen molar-refractivity contribution in [1.29, 1.82) is 0 Å².